The molecule has 0 unspecified atom stereocenters. The fourth-order valence-corrected chi connectivity index (χ4v) is 1.91. The third-order valence-electron chi connectivity index (χ3n) is 3.10. The smallest absolute Gasteiger partial charge is 0.0503 e. The number of fused-ring (bicyclic) bond motifs is 1. The molecular weight excluding hydrogens is 172 g/mol. The predicted octanol–water partition coefficient (Wildman–Crippen LogP) is 2.84. The van der Waals surface area contributed by atoms with Gasteiger partial charge in [0.15, 0.2) is 0 Å². The van der Waals surface area contributed by atoms with Gasteiger partial charge in [0, 0.05) is 30.9 Å². The van der Waals surface area contributed by atoms with Crippen LogP contribution in [-0.2, 0) is 7.05 Å². The van der Waals surface area contributed by atoms with Crippen molar-refractivity contribution < 1.29 is 0 Å². The molecule has 0 fully saturated rings. The van der Waals surface area contributed by atoms with Gasteiger partial charge >= 0.3 is 0 Å². The zero-order valence-corrected chi connectivity index (χ0v) is 9.18. The molecule has 0 aliphatic carbocycles. The lowest BCUT2D eigenvalue weighted by Crippen LogP contribution is -1.91. The molecule has 0 aliphatic heterocycles. The number of benzene rings is 1. The first kappa shape index (κ1) is 9.13. The van der Waals surface area contributed by atoms with Crippen molar-refractivity contribution in [3.63, 3.8) is 0 Å². The molecule has 0 saturated heterocycles. The Morgan fingerprint density at radius 1 is 1.21 bits per heavy atom. The maximum absolute atomic E-state index is 3.16. The summed E-state index contributed by atoms with van der Waals surface area (Å²) in [7, 11) is 4.06. The number of hydrogen-bond donors (Lipinski definition) is 1. The molecule has 0 atom stereocenters. The van der Waals surface area contributed by atoms with Gasteiger partial charge in [0.05, 0.1) is 5.52 Å². The second-order valence-electron chi connectivity index (χ2n) is 3.75. The molecule has 0 spiro atoms. The molecule has 1 heterocycles. The number of nitrogens with one attached hydrogen (secondary N) is 1. The highest BCUT2D eigenvalue weighted by Crippen LogP contribution is 2.26. The molecule has 2 rings (SSSR count). The van der Waals surface area contributed by atoms with E-state index in [0.29, 0.717) is 0 Å². The Hall–Kier alpha value is -1.44. The summed E-state index contributed by atoms with van der Waals surface area (Å²) in [4.78, 5) is 0. The van der Waals surface area contributed by atoms with Gasteiger partial charge in [0.2, 0.25) is 0 Å². The van der Waals surface area contributed by atoms with Crippen molar-refractivity contribution in [2.45, 2.75) is 13.8 Å². The lowest BCUT2D eigenvalue weighted by atomic mass is 10.1. The average molecular weight is 188 g/mol. The first-order valence-electron chi connectivity index (χ1n) is 4.88. The molecule has 1 aromatic carbocycles. The van der Waals surface area contributed by atoms with Gasteiger partial charge in [-0.3, -0.25) is 0 Å². The van der Waals surface area contributed by atoms with Crippen molar-refractivity contribution in [1.29, 1.82) is 0 Å². The maximum Gasteiger partial charge on any atom is 0.0503 e. The van der Waals surface area contributed by atoms with E-state index in [-0.39, 0.29) is 0 Å². The summed E-state index contributed by atoms with van der Waals surface area (Å²) in [5, 5.41) is 4.51. The van der Waals surface area contributed by atoms with E-state index in [1.807, 2.05) is 7.05 Å². The minimum Gasteiger partial charge on any atom is -0.388 e. The van der Waals surface area contributed by atoms with E-state index in [4.69, 9.17) is 0 Å². The van der Waals surface area contributed by atoms with E-state index in [0.717, 1.165) is 5.69 Å². The van der Waals surface area contributed by atoms with Crippen molar-refractivity contribution in [2.24, 2.45) is 7.05 Å². The van der Waals surface area contributed by atoms with Gasteiger partial charge in [-0.15, -0.1) is 0 Å². The zero-order chi connectivity index (χ0) is 10.3. The van der Waals surface area contributed by atoms with E-state index >= 15 is 0 Å². The van der Waals surface area contributed by atoms with Gasteiger partial charge < -0.3 is 9.88 Å². The van der Waals surface area contributed by atoms with Crippen molar-refractivity contribution in [3.8, 4) is 0 Å². The molecule has 1 aromatic heterocycles. The Labute approximate surface area is 84.5 Å². The van der Waals surface area contributed by atoms with E-state index in [2.05, 4.69) is 49.0 Å². The molecule has 1 N–H and O–H groups in total. The highest BCUT2D eigenvalue weighted by atomic mass is 14.9. The van der Waals surface area contributed by atoms with Crippen molar-refractivity contribution in [1.82, 2.24) is 4.57 Å². The van der Waals surface area contributed by atoms with Crippen LogP contribution in [0.25, 0.3) is 10.9 Å². The normalized spacial score (nSPS) is 10.9. The largest absolute Gasteiger partial charge is 0.388 e. The Kier molecular flexibility index (Phi) is 1.99. The Balaban J connectivity index is 2.82. The summed E-state index contributed by atoms with van der Waals surface area (Å²) in [5.41, 5.74) is 5.18. The monoisotopic (exact) mass is 188 g/mol. The maximum atomic E-state index is 3.16. The van der Waals surface area contributed by atoms with E-state index in [1.54, 1.807) is 0 Å². The van der Waals surface area contributed by atoms with Gasteiger partial charge in [0.25, 0.3) is 0 Å². The van der Waals surface area contributed by atoms with E-state index in [9.17, 15) is 0 Å². The molecule has 74 valence electrons. The highest BCUT2D eigenvalue weighted by Gasteiger charge is 2.07. The number of anilines is 1. The zero-order valence-electron chi connectivity index (χ0n) is 9.18. The van der Waals surface area contributed by atoms with Gasteiger partial charge in [-0.25, -0.2) is 0 Å². The molecule has 0 saturated carbocycles. The lowest BCUT2D eigenvalue weighted by Gasteiger charge is -2.02. The van der Waals surface area contributed by atoms with Crippen LogP contribution in [0, 0.1) is 13.8 Å². The highest BCUT2D eigenvalue weighted by molar-refractivity contribution is 5.87. The first-order valence-corrected chi connectivity index (χ1v) is 4.88. The van der Waals surface area contributed by atoms with Crippen molar-refractivity contribution in [2.75, 3.05) is 12.4 Å². The number of hydrogen-bond acceptors (Lipinski definition) is 1. The average Bonchev–Trinajstić information content (AvgIpc) is 2.44. The third kappa shape index (κ3) is 1.10. The van der Waals surface area contributed by atoms with Crippen molar-refractivity contribution >= 4 is 16.6 Å². The Morgan fingerprint density at radius 3 is 2.57 bits per heavy atom. The molecular formula is C12H16N2. The number of aromatic nitrogens is 1. The summed E-state index contributed by atoms with van der Waals surface area (Å²) in [5.74, 6) is 0. The molecule has 0 bridgehead atoms. The number of nitrogens with zero attached hydrogens (tertiary/aromatic N) is 1. The second kappa shape index (κ2) is 3.05. The van der Waals surface area contributed by atoms with Gasteiger partial charge in [-0.1, -0.05) is 6.07 Å². The molecule has 2 aromatic rings. The molecule has 0 radical (unpaired) electrons. The number of aryl methyl sites for hydroxylation is 2. The standard InChI is InChI=1S/C12H16N2/c1-8-9(2)14(4)12-7-10(13-3)5-6-11(8)12/h5-7,13H,1-4H3. The minimum absolute atomic E-state index is 1.16. The van der Waals surface area contributed by atoms with Crippen LogP contribution < -0.4 is 5.32 Å². The van der Waals surface area contributed by atoms with Crippen LogP contribution in [0.5, 0.6) is 0 Å². The summed E-state index contributed by atoms with van der Waals surface area (Å²) >= 11 is 0. The first-order chi connectivity index (χ1) is 6.65. The summed E-state index contributed by atoms with van der Waals surface area (Å²) in [6.45, 7) is 4.34. The second-order valence-corrected chi connectivity index (χ2v) is 3.75. The Bertz CT molecular complexity index is 481. The van der Waals surface area contributed by atoms with Crippen LogP contribution in [-0.4, -0.2) is 11.6 Å². The predicted molar refractivity (Wildman–Crippen MR) is 61.9 cm³/mol. The van der Waals surface area contributed by atoms with Crippen LogP contribution in [0.3, 0.4) is 0 Å². The third-order valence-corrected chi connectivity index (χ3v) is 3.10. The molecule has 0 amide bonds. The number of rotatable bonds is 1. The minimum atomic E-state index is 1.16. The molecule has 2 heteroatoms. The van der Waals surface area contributed by atoms with Crippen LogP contribution in [0.2, 0.25) is 0 Å². The molecule has 14 heavy (non-hydrogen) atoms. The van der Waals surface area contributed by atoms with Crippen molar-refractivity contribution in [3.05, 3.63) is 29.5 Å². The fourth-order valence-electron chi connectivity index (χ4n) is 1.91. The fraction of sp³-hybridized carbons (Fsp3) is 0.333. The quantitative estimate of drug-likeness (QED) is 0.728. The van der Waals surface area contributed by atoms with Gasteiger partial charge in [0.1, 0.15) is 0 Å². The summed E-state index contributed by atoms with van der Waals surface area (Å²) in [6, 6.07) is 6.49. The summed E-state index contributed by atoms with van der Waals surface area (Å²) < 4.78 is 2.24. The Morgan fingerprint density at radius 2 is 1.93 bits per heavy atom. The SMILES string of the molecule is CNc1ccc2c(C)c(C)n(C)c2c1. The van der Waals surface area contributed by atoms with Crippen LogP contribution in [0.1, 0.15) is 11.3 Å². The van der Waals surface area contributed by atoms with Crippen LogP contribution in [0.4, 0.5) is 5.69 Å². The van der Waals surface area contributed by atoms with E-state index in [1.165, 1.54) is 22.2 Å². The van der Waals surface area contributed by atoms with Gasteiger partial charge in [-0.05, 0) is 31.5 Å². The van der Waals surface area contributed by atoms with E-state index < -0.39 is 0 Å². The molecule has 0 aliphatic rings. The van der Waals surface area contributed by atoms with Gasteiger partial charge in [-0.2, -0.15) is 0 Å². The topological polar surface area (TPSA) is 17.0 Å². The van der Waals surface area contributed by atoms with Crippen LogP contribution in [0.15, 0.2) is 18.2 Å². The summed E-state index contributed by atoms with van der Waals surface area (Å²) in [6.07, 6.45) is 0. The lowest BCUT2D eigenvalue weighted by molar-refractivity contribution is 0.910. The molecule has 2 nitrogen and oxygen atoms in total. The van der Waals surface area contributed by atoms with Crippen LogP contribution >= 0.6 is 0 Å².